The molecule has 0 aromatic heterocycles. The summed E-state index contributed by atoms with van der Waals surface area (Å²) in [6.45, 7) is 9.91. The Hall–Kier alpha value is -0.900. The Morgan fingerprint density at radius 2 is 2.00 bits per heavy atom. The smallest absolute Gasteiger partial charge is 0.276 e. The first kappa shape index (κ1) is 12.2. The summed E-state index contributed by atoms with van der Waals surface area (Å²) in [4.78, 5) is 13.7. The van der Waals surface area contributed by atoms with Crippen LogP contribution in [0.5, 0.6) is 0 Å². The van der Waals surface area contributed by atoms with Crippen LogP contribution in [0.15, 0.2) is 11.3 Å². The number of amides is 1. The lowest BCUT2D eigenvalue weighted by Crippen LogP contribution is -2.45. The number of hydrogen-bond donors (Lipinski definition) is 1. The molecule has 0 spiro atoms. The van der Waals surface area contributed by atoms with Crippen LogP contribution < -0.4 is 5.32 Å². The lowest BCUT2D eigenvalue weighted by atomic mass is 10.1. The van der Waals surface area contributed by atoms with Gasteiger partial charge in [0, 0.05) is 5.54 Å². The molecule has 1 aliphatic rings. The number of nitrogens with zero attached hydrogens (tertiary/aromatic N) is 1. The second-order valence-electron chi connectivity index (χ2n) is 4.75. The molecular formula is C11H18N2OS. The largest absolute Gasteiger partial charge is 0.328 e. The first-order valence-electron chi connectivity index (χ1n) is 5.14. The van der Waals surface area contributed by atoms with Gasteiger partial charge in [0.15, 0.2) is 5.11 Å². The van der Waals surface area contributed by atoms with Crippen molar-refractivity contribution < 1.29 is 4.79 Å². The summed E-state index contributed by atoms with van der Waals surface area (Å²) in [5, 5.41) is 3.51. The van der Waals surface area contributed by atoms with Gasteiger partial charge >= 0.3 is 0 Å². The van der Waals surface area contributed by atoms with E-state index >= 15 is 0 Å². The Kier molecular flexibility index (Phi) is 3.19. The highest BCUT2D eigenvalue weighted by Gasteiger charge is 2.38. The van der Waals surface area contributed by atoms with Crippen molar-refractivity contribution in [2.75, 3.05) is 0 Å². The molecule has 1 rings (SSSR count). The molecule has 15 heavy (non-hydrogen) atoms. The predicted octanol–water partition coefficient (Wildman–Crippen LogP) is 2.19. The van der Waals surface area contributed by atoms with Crippen LogP contribution >= 0.6 is 12.2 Å². The van der Waals surface area contributed by atoms with Crippen LogP contribution in [-0.2, 0) is 4.79 Å². The monoisotopic (exact) mass is 226 g/mol. The summed E-state index contributed by atoms with van der Waals surface area (Å²) in [5.41, 5.74) is 1.43. The van der Waals surface area contributed by atoms with Crippen molar-refractivity contribution in [3.8, 4) is 0 Å². The maximum absolute atomic E-state index is 12.1. The van der Waals surface area contributed by atoms with Gasteiger partial charge in [0.25, 0.3) is 5.91 Å². The minimum absolute atomic E-state index is 0.00755. The van der Waals surface area contributed by atoms with Gasteiger partial charge in [-0.15, -0.1) is 0 Å². The number of thiocarbonyl (C=S) groups is 1. The molecular weight excluding hydrogens is 208 g/mol. The van der Waals surface area contributed by atoms with Gasteiger partial charge < -0.3 is 5.32 Å². The molecule has 0 aromatic rings. The Labute approximate surface area is 96.5 Å². The van der Waals surface area contributed by atoms with Gasteiger partial charge in [0.05, 0.1) is 0 Å². The SMILES string of the molecule is CCC(C)=C1NC(=S)N(C(C)(C)C)C1=O. The van der Waals surface area contributed by atoms with E-state index in [1.54, 1.807) is 4.90 Å². The Bertz CT molecular complexity index is 339. The van der Waals surface area contributed by atoms with Crippen LogP contribution in [-0.4, -0.2) is 21.5 Å². The first-order chi connectivity index (χ1) is 6.79. The van der Waals surface area contributed by atoms with Crippen molar-refractivity contribution in [1.29, 1.82) is 0 Å². The van der Waals surface area contributed by atoms with Crippen molar-refractivity contribution in [3.05, 3.63) is 11.3 Å². The average molecular weight is 226 g/mol. The zero-order chi connectivity index (χ0) is 11.8. The summed E-state index contributed by atoms with van der Waals surface area (Å²) in [6, 6.07) is 0. The van der Waals surface area contributed by atoms with Gasteiger partial charge in [0.2, 0.25) is 0 Å². The molecule has 1 aliphatic heterocycles. The fraction of sp³-hybridized carbons (Fsp3) is 0.636. The van der Waals surface area contributed by atoms with Gasteiger partial charge in [-0.2, -0.15) is 0 Å². The molecule has 1 amide bonds. The average Bonchev–Trinajstić information content (AvgIpc) is 2.39. The van der Waals surface area contributed by atoms with Crippen LogP contribution in [0.2, 0.25) is 0 Å². The molecule has 0 bridgehead atoms. The molecule has 0 radical (unpaired) electrons. The molecule has 1 fully saturated rings. The van der Waals surface area contributed by atoms with E-state index in [1.807, 2.05) is 34.6 Å². The van der Waals surface area contributed by atoms with Crippen LogP contribution in [0, 0.1) is 0 Å². The second kappa shape index (κ2) is 3.93. The van der Waals surface area contributed by atoms with Crippen molar-refractivity contribution in [2.45, 2.75) is 46.6 Å². The van der Waals surface area contributed by atoms with E-state index in [0.29, 0.717) is 10.8 Å². The highest BCUT2D eigenvalue weighted by molar-refractivity contribution is 7.80. The number of carbonyl (C=O) groups is 1. The Morgan fingerprint density at radius 3 is 2.33 bits per heavy atom. The predicted molar refractivity (Wildman–Crippen MR) is 65.3 cm³/mol. The number of nitrogens with one attached hydrogen (secondary N) is 1. The minimum atomic E-state index is -0.267. The van der Waals surface area contributed by atoms with E-state index in [2.05, 4.69) is 5.32 Å². The van der Waals surface area contributed by atoms with Crippen molar-refractivity contribution >= 4 is 23.2 Å². The van der Waals surface area contributed by atoms with E-state index in [9.17, 15) is 4.79 Å². The third-order valence-electron chi connectivity index (χ3n) is 2.48. The summed E-state index contributed by atoms with van der Waals surface area (Å²) in [6.07, 6.45) is 0.856. The van der Waals surface area contributed by atoms with Crippen LogP contribution in [0.25, 0.3) is 0 Å². The minimum Gasteiger partial charge on any atom is -0.328 e. The van der Waals surface area contributed by atoms with E-state index in [1.165, 1.54) is 0 Å². The summed E-state index contributed by atoms with van der Waals surface area (Å²) in [5.74, 6) is -0.00755. The fourth-order valence-corrected chi connectivity index (χ4v) is 1.95. The Morgan fingerprint density at radius 1 is 1.47 bits per heavy atom. The van der Waals surface area contributed by atoms with E-state index < -0.39 is 0 Å². The summed E-state index contributed by atoms with van der Waals surface area (Å²) in [7, 11) is 0. The van der Waals surface area contributed by atoms with Crippen molar-refractivity contribution in [2.24, 2.45) is 0 Å². The highest BCUT2D eigenvalue weighted by Crippen LogP contribution is 2.23. The number of rotatable bonds is 1. The molecule has 1 heterocycles. The molecule has 0 aliphatic carbocycles. The zero-order valence-electron chi connectivity index (χ0n) is 9.97. The highest BCUT2D eigenvalue weighted by atomic mass is 32.1. The van der Waals surface area contributed by atoms with Crippen LogP contribution in [0.1, 0.15) is 41.0 Å². The summed E-state index contributed by atoms with van der Waals surface area (Å²) < 4.78 is 0. The lowest BCUT2D eigenvalue weighted by molar-refractivity contribution is -0.125. The normalized spacial score (nSPS) is 20.7. The second-order valence-corrected chi connectivity index (χ2v) is 5.14. The molecule has 4 heteroatoms. The van der Waals surface area contributed by atoms with E-state index in [0.717, 1.165) is 12.0 Å². The molecule has 1 saturated heterocycles. The fourth-order valence-electron chi connectivity index (χ4n) is 1.50. The quantitative estimate of drug-likeness (QED) is 0.549. The molecule has 1 N–H and O–H groups in total. The van der Waals surface area contributed by atoms with Crippen molar-refractivity contribution in [3.63, 3.8) is 0 Å². The Balaban J connectivity index is 3.10. The molecule has 84 valence electrons. The van der Waals surface area contributed by atoms with Gasteiger partial charge in [-0.3, -0.25) is 9.69 Å². The molecule has 0 unspecified atom stereocenters. The number of allylic oxidation sites excluding steroid dienone is 1. The molecule has 3 nitrogen and oxygen atoms in total. The maximum Gasteiger partial charge on any atom is 0.276 e. The van der Waals surface area contributed by atoms with Gasteiger partial charge in [-0.1, -0.05) is 6.92 Å². The molecule has 0 aromatic carbocycles. The van der Waals surface area contributed by atoms with Gasteiger partial charge in [-0.25, -0.2) is 0 Å². The lowest BCUT2D eigenvalue weighted by Gasteiger charge is -2.29. The first-order valence-corrected chi connectivity index (χ1v) is 5.55. The van der Waals surface area contributed by atoms with E-state index in [-0.39, 0.29) is 11.4 Å². The topological polar surface area (TPSA) is 32.3 Å². The van der Waals surface area contributed by atoms with Crippen LogP contribution in [0.4, 0.5) is 0 Å². The molecule has 0 saturated carbocycles. The third kappa shape index (κ3) is 2.20. The molecule has 0 atom stereocenters. The summed E-state index contributed by atoms with van der Waals surface area (Å²) >= 11 is 5.17. The zero-order valence-corrected chi connectivity index (χ0v) is 10.8. The maximum atomic E-state index is 12.1. The number of carbonyl (C=O) groups excluding carboxylic acids is 1. The van der Waals surface area contributed by atoms with Gasteiger partial charge in [0.1, 0.15) is 5.70 Å². The number of hydrogen-bond acceptors (Lipinski definition) is 2. The van der Waals surface area contributed by atoms with Crippen LogP contribution in [0.3, 0.4) is 0 Å². The standard InChI is InChI=1S/C11H18N2OS/c1-6-7(2)8-9(14)13(10(15)12-8)11(3,4)5/h6H2,1-5H3,(H,12,15). The van der Waals surface area contributed by atoms with Crippen molar-refractivity contribution in [1.82, 2.24) is 10.2 Å². The van der Waals surface area contributed by atoms with E-state index in [4.69, 9.17) is 12.2 Å². The third-order valence-corrected chi connectivity index (χ3v) is 2.76. The van der Waals surface area contributed by atoms with Gasteiger partial charge in [-0.05, 0) is 51.9 Å².